The van der Waals surface area contributed by atoms with Crippen LogP contribution in [0.15, 0.2) is 15.8 Å². The minimum absolute atomic E-state index is 0.147. The molecule has 1 aromatic heterocycles. The lowest BCUT2D eigenvalue weighted by Gasteiger charge is -2.09. The van der Waals surface area contributed by atoms with Gasteiger partial charge in [0.25, 0.3) is 5.89 Å². The summed E-state index contributed by atoms with van der Waals surface area (Å²) in [5.74, 6) is 0.569. The summed E-state index contributed by atoms with van der Waals surface area (Å²) in [7, 11) is 0. The van der Waals surface area contributed by atoms with E-state index in [2.05, 4.69) is 30.9 Å². The molecule has 1 rings (SSSR count). The van der Waals surface area contributed by atoms with Crippen molar-refractivity contribution < 1.29 is 4.52 Å². The largest absolute Gasteiger partial charge is 0.334 e. The molecule has 0 bridgehead atoms. The van der Waals surface area contributed by atoms with Gasteiger partial charge in [0.2, 0.25) is 5.16 Å². The molecular weight excluding hydrogens is 184 g/mol. The van der Waals surface area contributed by atoms with E-state index in [4.69, 9.17) is 4.52 Å². The molecule has 4 heteroatoms. The third-order valence-corrected chi connectivity index (χ3v) is 1.86. The van der Waals surface area contributed by atoms with Crippen LogP contribution in [-0.2, 0) is 0 Å². The van der Waals surface area contributed by atoms with Crippen LogP contribution in [0.5, 0.6) is 0 Å². The summed E-state index contributed by atoms with van der Waals surface area (Å²) in [6.45, 7) is 6.36. The second-order valence-electron chi connectivity index (χ2n) is 3.82. The van der Waals surface area contributed by atoms with Crippen LogP contribution < -0.4 is 0 Å². The maximum atomic E-state index is 4.98. The number of rotatable bonds is 2. The lowest BCUT2D eigenvalue weighted by Crippen LogP contribution is -1.97. The van der Waals surface area contributed by atoms with Crippen molar-refractivity contribution in [1.82, 2.24) is 10.1 Å². The van der Waals surface area contributed by atoms with Crippen molar-refractivity contribution in [2.24, 2.45) is 5.41 Å². The van der Waals surface area contributed by atoms with E-state index in [1.165, 1.54) is 11.8 Å². The van der Waals surface area contributed by atoms with Crippen LogP contribution in [-0.4, -0.2) is 16.4 Å². The van der Waals surface area contributed by atoms with Crippen LogP contribution in [0.2, 0.25) is 0 Å². The zero-order valence-corrected chi connectivity index (χ0v) is 9.18. The zero-order valence-electron chi connectivity index (χ0n) is 8.37. The Morgan fingerprint density at radius 3 is 2.54 bits per heavy atom. The van der Waals surface area contributed by atoms with Gasteiger partial charge in [0.15, 0.2) is 0 Å². The minimum atomic E-state index is 0.147. The molecule has 0 amide bonds. The highest BCUT2D eigenvalue weighted by Gasteiger charge is 2.06. The Balaban J connectivity index is 2.69. The smallest absolute Gasteiger partial charge is 0.251 e. The Morgan fingerprint density at radius 1 is 1.38 bits per heavy atom. The summed E-state index contributed by atoms with van der Waals surface area (Å²) in [5.41, 5.74) is 0.147. The summed E-state index contributed by atoms with van der Waals surface area (Å²) in [5, 5.41) is 4.44. The molecule has 1 aromatic rings. The van der Waals surface area contributed by atoms with Gasteiger partial charge in [0, 0.05) is 0 Å². The van der Waals surface area contributed by atoms with E-state index in [1.54, 1.807) is 0 Å². The summed E-state index contributed by atoms with van der Waals surface area (Å²) in [6, 6.07) is 0. The first-order chi connectivity index (χ1) is 6.01. The second-order valence-corrected chi connectivity index (χ2v) is 4.59. The lowest BCUT2D eigenvalue weighted by molar-refractivity contribution is 0.396. The Kier molecular flexibility index (Phi) is 3.14. The van der Waals surface area contributed by atoms with Gasteiger partial charge in [-0.3, -0.25) is 0 Å². The fourth-order valence-corrected chi connectivity index (χ4v) is 0.986. The average molecular weight is 198 g/mol. The quantitative estimate of drug-likeness (QED) is 0.685. The average Bonchev–Trinajstić information content (AvgIpc) is 2.47. The highest BCUT2D eigenvalue weighted by molar-refractivity contribution is 7.98. The van der Waals surface area contributed by atoms with Crippen LogP contribution in [0.1, 0.15) is 26.7 Å². The van der Waals surface area contributed by atoms with Gasteiger partial charge < -0.3 is 4.52 Å². The SMILES string of the molecule is CSc1noc(/C=C/C(C)(C)C)n1. The molecule has 1 heterocycles. The third kappa shape index (κ3) is 3.63. The van der Waals surface area contributed by atoms with Crippen LogP contribution in [0.4, 0.5) is 0 Å². The van der Waals surface area contributed by atoms with E-state index in [0.717, 1.165) is 0 Å². The van der Waals surface area contributed by atoms with E-state index in [-0.39, 0.29) is 5.41 Å². The van der Waals surface area contributed by atoms with Gasteiger partial charge in [-0.05, 0) is 22.9 Å². The van der Waals surface area contributed by atoms with Crippen molar-refractivity contribution >= 4 is 17.8 Å². The Bertz CT molecular complexity index is 299. The molecule has 0 unspecified atom stereocenters. The highest BCUT2D eigenvalue weighted by Crippen LogP contribution is 2.17. The van der Waals surface area contributed by atoms with Crippen molar-refractivity contribution in [3.63, 3.8) is 0 Å². The molecule has 13 heavy (non-hydrogen) atoms. The fraction of sp³-hybridized carbons (Fsp3) is 0.556. The third-order valence-electron chi connectivity index (χ3n) is 1.33. The molecule has 0 radical (unpaired) electrons. The second kappa shape index (κ2) is 3.96. The zero-order chi connectivity index (χ0) is 9.90. The predicted molar refractivity (Wildman–Crippen MR) is 54.6 cm³/mol. The van der Waals surface area contributed by atoms with Gasteiger partial charge in [0.05, 0.1) is 0 Å². The summed E-state index contributed by atoms with van der Waals surface area (Å²) in [4.78, 5) is 4.13. The molecule has 0 spiro atoms. The van der Waals surface area contributed by atoms with Gasteiger partial charge in [-0.15, -0.1) is 0 Å². The normalized spacial score (nSPS) is 12.6. The Labute approximate surface area is 82.6 Å². The molecule has 0 N–H and O–H groups in total. The summed E-state index contributed by atoms with van der Waals surface area (Å²) >= 11 is 1.47. The van der Waals surface area contributed by atoms with Crippen molar-refractivity contribution in [3.8, 4) is 0 Å². The molecule has 72 valence electrons. The number of aromatic nitrogens is 2. The molecule has 0 aromatic carbocycles. The van der Waals surface area contributed by atoms with Crippen molar-refractivity contribution in [2.45, 2.75) is 25.9 Å². The molecule has 0 aliphatic heterocycles. The van der Waals surface area contributed by atoms with Gasteiger partial charge in [-0.1, -0.05) is 38.6 Å². The van der Waals surface area contributed by atoms with E-state index in [0.29, 0.717) is 11.0 Å². The van der Waals surface area contributed by atoms with E-state index in [1.807, 2.05) is 18.4 Å². The van der Waals surface area contributed by atoms with E-state index >= 15 is 0 Å². The van der Waals surface area contributed by atoms with Gasteiger partial charge >= 0.3 is 0 Å². The predicted octanol–water partition coefficient (Wildman–Crippen LogP) is 2.85. The van der Waals surface area contributed by atoms with Crippen molar-refractivity contribution in [3.05, 3.63) is 12.0 Å². The number of allylic oxidation sites excluding steroid dienone is 1. The first-order valence-electron chi connectivity index (χ1n) is 4.08. The number of nitrogens with zero attached hydrogens (tertiary/aromatic N) is 2. The Morgan fingerprint density at radius 2 is 2.08 bits per heavy atom. The number of hydrogen-bond acceptors (Lipinski definition) is 4. The number of hydrogen-bond donors (Lipinski definition) is 0. The van der Waals surface area contributed by atoms with Gasteiger partial charge in [0.1, 0.15) is 0 Å². The van der Waals surface area contributed by atoms with E-state index in [9.17, 15) is 0 Å². The van der Waals surface area contributed by atoms with Gasteiger partial charge in [-0.25, -0.2) is 0 Å². The fourth-order valence-electron chi connectivity index (χ4n) is 0.693. The lowest BCUT2D eigenvalue weighted by atomic mass is 9.96. The monoisotopic (exact) mass is 198 g/mol. The highest BCUT2D eigenvalue weighted by atomic mass is 32.2. The maximum Gasteiger partial charge on any atom is 0.251 e. The molecular formula is C9H14N2OS. The van der Waals surface area contributed by atoms with Crippen LogP contribution in [0, 0.1) is 5.41 Å². The standard InChI is InChI=1S/C9H14N2OS/c1-9(2,3)6-5-7-10-8(13-4)11-12-7/h5-6H,1-4H3/b6-5+. The molecule has 0 saturated heterocycles. The van der Waals surface area contributed by atoms with E-state index < -0.39 is 0 Å². The Hall–Kier alpha value is -0.770. The first-order valence-corrected chi connectivity index (χ1v) is 5.31. The molecule has 0 aliphatic carbocycles. The maximum absolute atomic E-state index is 4.98. The first kappa shape index (κ1) is 10.3. The minimum Gasteiger partial charge on any atom is -0.334 e. The molecule has 0 aliphatic rings. The molecule has 0 saturated carbocycles. The molecule has 0 atom stereocenters. The topological polar surface area (TPSA) is 38.9 Å². The summed E-state index contributed by atoms with van der Waals surface area (Å²) in [6.07, 6.45) is 5.82. The van der Waals surface area contributed by atoms with Crippen LogP contribution >= 0.6 is 11.8 Å². The van der Waals surface area contributed by atoms with Crippen molar-refractivity contribution in [1.29, 1.82) is 0 Å². The summed E-state index contributed by atoms with van der Waals surface area (Å²) < 4.78 is 4.98. The van der Waals surface area contributed by atoms with Crippen LogP contribution in [0.3, 0.4) is 0 Å². The molecule has 3 nitrogen and oxygen atoms in total. The number of thioether (sulfide) groups is 1. The van der Waals surface area contributed by atoms with Gasteiger partial charge in [-0.2, -0.15) is 4.98 Å². The molecule has 0 fully saturated rings. The van der Waals surface area contributed by atoms with Crippen molar-refractivity contribution in [2.75, 3.05) is 6.26 Å². The van der Waals surface area contributed by atoms with Crippen LogP contribution in [0.25, 0.3) is 6.08 Å².